The Labute approximate surface area is 69.3 Å². The van der Waals surface area contributed by atoms with Crippen LogP contribution in [-0.2, 0) is 19.3 Å². The molecule has 1 heterocycles. The van der Waals surface area contributed by atoms with Crippen LogP contribution >= 0.6 is 0 Å². The van der Waals surface area contributed by atoms with Crippen molar-refractivity contribution in [2.24, 2.45) is 10.9 Å². The number of β-lactam (4-membered cyclic amide) rings is 1. The highest BCUT2D eigenvalue weighted by Gasteiger charge is 2.36. The third kappa shape index (κ3) is 2.14. The summed E-state index contributed by atoms with van der Waals surface area (Å²) in [4.78, 5) is 10.5. The molecule has 1 aliphatic heterocycles. The second kappa shape index (κ2) is 2.98. The van der Waals surface area contributed by atoms with Crippen molar-refractivity contribution < 1.29 is 17.4 Å². The van der Waals surface area contributed by atoms with Crippen molar-refractivity contribution in [1.82, 2.24) is 5.32 Å². The van der Waals surface area contributed by atoms with Crippen molar-refractivity contribution in [3.8, 4) is 0 Å². The minimum Gasteiger partial charge on any atom is -0.347 e. The molecule has 0 aromatic carbocycles. The van der Waals surface area contributed by atoms with Crippen LogP contribution < -0.4 is 16.2 Å². The van der Waals surface area contributed by atoms with Gasteiger partial charge in [0, 0.05) is 0 Å². The van der Waals surface area contributed by atoms with Crippen LogP contribution in [0.3, 0.4) is 0 Å². The van der Waals surface area contributed by atoms with Gasteiger partial charge in [-0.2, -0.15) is 8.42 Å². The molecule has 7 nitrogen and oxygen atoms in total. The summed E-state index contributed by atoms with van der Waals surface area (Å²) in [5.74, 6) is -0.321. The van der Waals surface area contributed by atoms with E-state index in [2.05, 4.69) is 14.6 Å². The van der Waals surface area contributed by atoms with E-state index in [4.69, 9.17) is 5.73 Å². The lowest BCUT2D eigenvalue weighted by molar-refractivity contribution is -0.131. The van der Waals surface area contributed by atoms with Crippen molar-refractivity contribution in [2.45, 2.75) is 12.1 Å². The van der Waals surface area contributed by atoms with Gasteiger partial charge in [-0.1, -0.05) is 0 Å². The smallest absolute Gasteiger partial charge is 0.333 e. The second-order valence-corrected chi connectivity index (χ2v) is 3.64. The Morgan fingerprint density at radius 3 is 2.50 bits per heavy atom. The van der Waals surface area contributed by atoms with E-state index in [0.29, 0.717) is 0 Å². The molecule has 0 radical (unpaired) electrons. The molecule has 0 bridgehead atoms. The van der Waals surface area contributed by atoms with Gasteiger partial charge in [-0.3, -0.25) is 8.98 Å². The molecule has 1 rings (SSSR count). The Hall–Kier alpha value is -0.700. The predicted octanol–water partition coefficient (Wildman–Crippen LogP) is -2.97. The fourth-order valence-electron chi connectivity index (χ4n) is 0.769. The van der Waals surface area contributed by atoms with Gasteiger partial charge >= 0.3 is 10.3 Å². The summed E-state index contributed by atoms with van der Waals surface area (Å²) in [7, 11) is -3.94. The van der Waals surface area contributed by atoms with Crippen molar-refractivity contribution in [1.29, 1.82) is 0 Å². The third-order valence-electron chi connectivity index (χ3n) is 1.48. The highest BCUT2D eigenvalue weighted by Crippen LogP contribution is 2.03. The summed E-state index contributed by atoms with van der Waals surface area (Å²) >= 11 is 0. The van der Waals surface area contributed by atoms with Crippen LogP contribution in [0.25, 0.3) is 0 Å². The van der Waals surface area contributed by atoms with E-state index in [9.17, 15) is 13.2 Å². The molecule has 1 amide bonds. The van der Waals surface area contributed by atoms with Crippen LogP contribution in [0.5, 0.6) is 0 Å². The molecule has 0 aromatic rings. The van der Waals surface area contributed by atoms with E-state index in [1.165, 1.54) is 0 Å². The zero-order valence-electron chi connectivity index (χ0n) is 6.06. The van der Waals surface area contributed by atoms with Gasteiger partial charge in [0.2, 0.25) is 5.91 Å². The molecule has 12 heavy (non-hydrogen) atoms. The summed E-state index contributed by atoms with van der Waals surface area (Å²) in [6.07, 6.45) is 0. The van der Waals surface area contributed by atoms with Crippen LogP contribution in [0.1, 0.15) is 0 Å². The zero-order chi connectivity index (χ0) is 9.35. The fraction of sp³-hybridized carbons (Fsp3) is 0.750. The molecule has 0 spiro atoms. The van der Waals surface area contributed by atoms with Crippen LogP contribution in [0.2, 0.25) is 0 Å². The maximum Gasteiger partial charge on any atom is 0.333 e. The Kier molecular flexibility index (Phi) is 2.33. The van der Waals surface area contributed by atoms with Crippen LogP contribution in [0, 0.1) is 0 Å². The molecule has 2 unspecified atom stereocenters. The highest BCUT2D eigenvalue weighted by atomic mass is 32.2. The van der Waals surface area contributed by atoms with Gasteiger partial charge in [0.05, 0.1) is 12.6 Å². The van der Waals surface area contributed by atoms with E-state index in [1.54, 1.807) is 0 Å². The number of nitrogens with one attached hydrogen (secondary N) is 1. The van der Waals surface area contributed by atoms with E-state index in [0.717, 1.165) is 0 Å². The van der Waals surface area contributed by atoms with E-state index >= 15 is 0 Å². The monoisotopic (exact) mass is 195 g/mol. The molecule has 1 fully saturated rings. The number of carbonyl (C=O) groups is 1. The average molecular weight is 195 g/mol. The topological polar surface area (TPSA) is 125 Å². The summed E-state index contributed by atoms with van der Waals surface area (Å²) in [5.41, 5.74) is 5.27. The Bertz CT molecular complexity index is 287. The molecule has 8 heteroatoms. The minimum absolute atomic E-state index is 0.217. The number of nitrogens with two attached hydrogens (primary N) is 2. The predicted molar refractivity (Wildman–Crippen MR) is 39.0 cm³/mol. The first-order valence-corrected chi connectivity index (χ1v) is 4.60. The first-order chi connectivity index (χ1) is 5.40. The van der Waals surface area contributed by atoms with Gasteiger partial charge < -0.3 is 11.1 Å². The lowest BCUT2D eigenvalue weighted by atomic mass is 10.0. The number of rotatable bonds is 3. The van der Waals surface area contributed by atoms with Gasteiger partial charge in [-0.05, 0) is 0 Å². The molecule has 70 valence electrons. The van der Waals surface area contributed by atoms with Crippen LogP contribution in [0.4, 0.5) is 0 Å². The summed E-state index contributed by atoms with van der Waals surface area (Å²) in [6, 6.07) is -1.16. The van der Waals surface area contributed by atoms with Crippen molar-refractivity contribution in [2.75, 3.05) is 6.61 Å². The SMILES string of the molecule is NC1C(=O)NC1COS(N)(=O)=O. The van der Waals surface area contributed by atoms with E-state index in [1.807, 2.05) is 0 Å². The second-order valence-electron chi connectivity index (χ2n) is 2.42. The maximum atomic E-state index is 10.5. The summed E-state index contributed by atoms with van der Waals surface area (Å²) < 4.78 is 24.7. The Balaban J connectivity index is 2.31. The first kappa shape index (κ1) is 9.39. The Morgan fingerprint density at radius 2 is 2.17 bits per heavy atom. The molecule has 1 aliphatic rings. The number of hydrogen-bond donors (Lipinski definition) is 3. The van der Waals surface area contributed by atoms with E-state index in [-0.39, 0.29) is 12.5 Å². The molecule has 1 saturated heterocycles. The molecule has 0 aliphatic carbocycles. The molecule has 0 saturated carbocycles. The molecule has 0 aromatic heterocycles. The van der Waals surface area contributed by atoms with Gasteiger partial charge in [0.1, 0.15) is 6.04 Å². The quantitative estimate of drug-likeness (QED) is 0.415. The fourth-order valence-corrected chi connectivity index (χ4v) is 1.10. The third-order valence-corrected chi connectivity index (χ3v) is 1.94. The van der Waals surface area contributed by atoms with Crippen LogP contribution in [-0.4, -0.2) is 33.0 Å². The largest absolute Gasteiger partial charge is 0.347 e. The first-order valence-electron chi connectivity index (χ1n) is 3.13. The number of hydrogen-bond acceptors (Lipinski definition) is 5. The highest BCUT2D eigenvalue weighted by molar-refractivity contribution is 7.84. The molecule has 5 N–H and O–H groups in total. The zero-order valence-corrected chi connectivity index (χ0v) is 6.87. The Morgan fingerprint density at radius 1 is 1.58 bits per heavy atom. The van der Waals surface area contributed by atoms with E-state index < -0.39 is 22.4 Å². The normalized spacial score (nSPS) is 29.3. The lowest BCUT2D eigenvalue weighted by Gasteiger charge is -2.32. The minimum atomic E-state index is -3.94. The van der Waals surface area contributed by atoms with Gasteiger partial charge in [0.25, 0.3) is 0 Å². The van der Waals surface area contributed by atoms with Gasteiger partial charge in [0.15, 0.2) is 0 Å². The lowest BCUT2D eigenvalue weighted by Crippen LogP contribution is -2.68. The summed E-state index contributed by atoms with van der Waals surface area (Å²) in [5, 5.41) is 6.90. The number of amides is 1. The standard InChI is InChI=1S/C4H9N3O4S/c5-3-2(7-4(3)8)1-11-12(6,9)10/h2-3H,1,5H2,(H,7,8)(H2,6,9,10). The van der Waals surface area contributed by atoms with Gasteiger partial charge in [-0.15, -0.1) is 0 Å². The summed E-state index contributed by atoms with van der Waals surface area (Å²) in [6.45, 7) is -0.217. The van der Waals surface area contributed by atoms with Crippen molar-refractivity contribution >= 4 is 16.2 Å². The molecular weight excluding hydrogens is 186 g/mol. The average Bonchev–Trinajstić information content (AvgIpc) is 1.95. The molecular formula is C4H9N3O4S. The van der Waals surface area contributed by atoms with Crippen LogP contribution in [0.15, 0.2) is 0 Å². The number of carbonyl (C=O) groups excluding carboxylic acids is 1. The molecule has 2 atom stereocenters. The maximum absolute atomic E-state index is 10.5. The van der Waals surface area contributed by atoms with Crippen molar-refractivity contribution in [3.05, 3.63) is 0 Å². The van der Waals surface area contributed by atoms with Crippen molar-refractivity contribution in [3.63, 3.8) is 0 Å². The van der Waals surface area contributed by atoms with Gasteiger partial charge in [-0.25, -0.2) is 5.14 Å².